The molecule has 0 aliphatic carbocycles. The number of hydrogen-bond donors (Lipinski definition) is 1. The predicted octanol–water partition coefficient (Wildman–Crippen LogP) is 2.98. The van der Waals surface area contributed by atoms with E-state index in [1.54, 1.807) is 0 Å². The first-order chi connectivity index (χ1) is 9.78. The summed E-state index contributed by atoms with van der Waals surface area (Å²) in [5, 5.41) is 3.00. The molecule has 0 fully saturated rings. The van der Waals surface area contributed by atoms with Crippen molar-refractivity contribution >= 4 is 5.82 Å². The fourth-order valence-electron chi connectivity index (χ4n) is 1.86. The Morgan fingerprint density at radius 3 is 2.45 bits per heavy atom. The van der Waals surface area contributed by atoms with E-state index in [-0.39, 0.29) is 0 Å². The van der Waals surface area contributed by atoms with E-state index < -0.39 is 0 Å². The first-order valence-electron chi connectivity index (χ1n) is 6.68. The lowest BCUT2D eigenvalue weighted by Crippen LogP contribution is -1.99. The number of nitrogens with one attached hydrogen (secondary N) is 1. The van der Waals surface area contributed by atoms with Crippen LogP contribution in [0.2, 0.25) is 0 Å². The summed E-state index contributed by atoms with van der Waals surface area (Å²) < 4.78 is 11.2. The second kappa shape index (κ2) is 6.75. The minimum absolute atomic E-state index is 0.592. The molecule has 0 saturated heterocycles. The molecule has 2 rings (SSSR count). The van der Waals surface area contributed by atoms with E-state index in [1.165, 1.54) is 6.33 Å². The molecule has 106 valence electrons. The first-order valence-corrected chi connectivity index (χ1v) is 6.68. The van der Waals surface area contributed by atoms with Gasteiger partial charge in [0.2, 0.25) is 0 Å². The molecule has 5 nitrogen and oxygen atoms in total. The van der Waals surface area contributed by atoms with Gasteiger partial charge in [-0.25, -0.2) is 9.97 Å². The smallest absolute Gasteiger partial charge is 0.161 e. The Morgan fingerprint density at radius 1 is 1.00 bits per heavy atom. The number of rotatable bonds is 6. The highest BCUT2D eigenvalue weighted by molar-refractivity contribution is 5.66. The van der Waals surface area contributed by atoms with E-state index in [1.807, 2.05) is 45.2 Å². The largest absolute Gasteiger partial charge is 0.490 e. The van der Waals surface area contributed by atoms with E-state index in [4.69, 9.17) is 9.47 Å². The van der Waals surface area contributed by atoms with Crippen molar-refractivity contribution in [2.24, 2.45) is 0 Å². The average Bonchev–Trinajstić information content (AvgIpc) is 2.49. The van der Waals surface area contributed by atoms with Crippen molar-refractivity contribution in [1.82, 2.24) is 9.97 Å². The molecule has 1 heterocycles. The monoisotopic (exact) mass is 273 g/mol. The van der Waals surface area contributed by atoms with E-state index in [0.717, 1.165) is 28.6 Å². The van der Waals surface area contributed by atoms with E-state index in [2.05, 4.69) is 15.3 Å². The highest BCUT2D eigenvalue weighted by atomic mass is 16.5. The number of anilines is 1. The van der Waals surface area contributed by atoms with Gasteiger partial charge in [-0.15, -0.1) is 0 Å². The van der Waals surface area contributed by atoms with Gasteiger partial charge >= 0.3 is 0 Å². The third-order valence-corrected chi connectivity index (χ3v) is 2.76. The SMILES string of the molecule is CCOc1ccc(-c2cc(NC)ncn2)cc1OCC. The summed E-state index contributed by atoms with van der Waals surface area (Å²) in [5.41, 5.74) is 1.81. The third-order valence-electron chi connectivity index (χ3n) is 2.76. The van der Waals surface area contributed by atoms with Crippen LogP contribution >= 0.6 is 0 Å². The van der Waals surface area contributed by atoms with Gasteiger partial charge in [-0.2, -0.15) is 0 Å². The summed E-state index contributed by atoms with van der Waals surface area (Å²) >= 11 is 0. The molecular weight excluding hydrogens is 254 g/mol. The Kier molecular flexibility index (Phi) is 4.76. The molecule has 0 bridgehead atoms. The van der Waals surface area contributed by atoms with Crippen molar-refractivity contribution in [2.45, 2.75) is 13.8 Å². The Morgan fingerprint density at radius 2 is 1.75 bits per heavy atom. The number of aromatic nitrogens is 2. The number of nitrogens with zero attached hydrogens (tertiary/aromatic N) is 2. The molecule has 5 heteroatoms. The van der Waals surface area contributed by atoms with Gasteiger partial charge in [0.15, 0.2) is 11.5 Å². The summed E-state index contributed by atoms with van der Waals surface area (Å²) in [4.78, 5) is 8.40. The van der Waals surface area contributed by atoms with Crippen LogP contribution in [0.25, 0.3) is 11.3 Å². The minimum atomic E-state index is 0.592. The second-order valence-corrected chi connectivity index (χ2v) is 4.07. The lowest BCUT2D eigenvalue weighted by atomic mass is 10.1. The molecule has 0 aliphatic rings. The van der Waals surface area contributed by atoms with Gasteiger partial charge < -0.3 is 14.8 Å². The van der Waals surface area contributed by atoms with Crippen molar-refractivity contribution in [2.75, 3.05) is 25.6 Å². The van der Waals surface area contributed by atoms with Gasteiger partial charge in [-0.1, -0.05) is 0 Å². The zero-order valence-corrected chi connectivity index (χ0v) is 12.0. The van der Waals surface area contributed by atoms with E-state index >= 15 is 0 Å². The fraction of sp³-hybridized carbons (Fsp3) is 0.333. The first kappa shape index (κ1) is 14.1. The van der Waals surface area contributed by atoms with Crippen LogP contribution in [0.15, 0.2) is 30.6 Å². The third kappa shape index (κ3) is 3.17. The molecule has 0 spiro atoms. The molecule has 0 unspecified atom stereocenters. The van der Waals surface area contributed by atoms with Crippen LogP contribution in [0.5, 0.6) is 11.5 Å². The molecule has 20 heavy (non-hydrogen) atoms. The van der Waals surface area contributed by atoms with Crippen LogP contribution in [-0.2, 0) is 0 Å². The maximum absolute atomic E-state index is 5.62. The van der Waals surface area contributed by atoms with Crippen molar-refractivity contribution < 1.29 is 9.47 Å². The van der Waals surface area contributed by atoms with Crippen LogP contribution in [0.3, 0.4) is 0 Å². The Hall–Kier alpha value is -2.30. The van der Waals surface area contributed by atoms with Crippen LogP contribution < -0.4 is 14.8 Å². The van der Waals surface area contributed by atoms with Gasteiger partial charge in [-0.3, -0.25) is 0 Å². The normalized spacial score (nSPS) is 10.2. The average molecular weight is 273 g/mol. The van der Waals surface area contributed by atoms with Gasteiger partial charge in [0, 0.05) is 18.7 Å². The van der Waals surface area contributed by atoms with Gasteiger partial charge in [0.05, 0.1) is 18.9 Å². The van der Waals surface area contributed by atoms with Crippen molar-refractivity contribution in [3.05, 3.63) is 30.6 Å². The van der Waals surface area contributed by atoms with Crippen LogP contribution in [0.1, 0.15) is 13.8 Å². The molecule has 0 amide bonds. The summed E-state index contributed by atoms with van der Waals surface area (Å²) in [6.07, 6.45) is 1.54. The van der Waals surface area contributed by atoms with Crippen LogP contribution in [0, 0.1) is 0 Å². The van der Waals surface area contributed by atoms with Crippen LogP contribution in [-0.4, -0.2) is 30.2 Å². The molecule has 0 radical (unpaired) electrons. The molecule has 0 saturated carbocycles. The summed E-state index contributed by atoms with van der Waals surface area (Å²) in [6, 6.07) is 7.71. The molecule has 0 atom stereocenters. The zero-order chi connectivity index (χ0) is 14.4. The molecule has 1 aromatic carbocycles. The van der Waals surface area contributed by atoms with Crippen LogP contribution in [0.4, 0.5) is 5.82 Å². The maximum atomic E-state index is 5.62. The Bertz CT molecular complexity index is 573. The predicted molar refractivity (Wildman–Crippen MR) is 79.4 cm³/mol. The second-order valence-electron chi connectivity index (χ2n) is 4.07. The highest BCUT2D eigenvalue weighted by Crippen LogP contribution is 2.32. The number of hydrogen-bond acceptors (Lipinski definition) is 5. The maximum Gasteiger partial charge on any atom is 0.161 e. The summed E-state index contributed by atoms with van der Waals surface area (Å²) in [6.45, 7) is 5.10. The summed E-state index contributed by atoms with van der Waals surface area (Å²) in [5.74, 6) is 2.26. The number of ether oxygens (including phenoxy) is 2. The van der Waals surface area contributed by atoms with Gasteiger partial charge in [0.25, 0.3) is 0 Å². The minimum Gasteiger partial charge on any atom is -0.490 e. The van der Waals surface area contributed by atoms with Crippen molar-refractivity contribution in [3.8, 4) is 22.8 Å². The standard InChI is InChI=1S/C15H19N3O2/c1-4-19-13-7-6-11(8-14(13)20-5-2)12-9-15(16-3)18-10-17-12/h6-10H,4-5H2,1-3H3,(H,16,17,18). The fourth-order valence-corrected chi connectivity index (χ4v) is 1.86. The molecule has 1 N–H and O–H groups in total. The van der Waals surface area contributed by atoms with Gasteiger partial charge in [0.1, 0.15) is 12.1 Å². The van der Waals surface area contributed by atoms with Crippen molar-refractivity contribution in [1.29, 1.82) is 0 Å². The quantitative estimate of drug-likeness (QED) is 0.876. The zero-order valence-electron chi connectivity index (χ0n) is 12.0. The molecular formula is C15H19N3O2. The lowest BCUT2D eigenvalue weighted by molar-refractivity contribution is 0.288. The van der Waals surface area contributed by atoms with E-state index in [9.17, 15) is 0 Å². The summed E-state index contributed by atoms with van der Waals surface area (Å²) in [7, 11) is 1.83. The van der Waals surface area contributed by atoms with Crippen molar-refractivity contribution in [3.63, 3.8) is 0 Å². The number of benzene rings is 1. The Labute approximate surface area is 119 Å². The topological polar surface area (TPSA) is 56.3 Å². The molecule has 1 aromatic heterocycles. The molecule has 0 aliphatic heterocycles. The Balaban J connectivity index is 2.38. The lowest BCUT2D eigenvalue weighted by Gasteiger charge is -2.12. The molecule has 2 aromatic rings. The van der Waals surface area contributed by atoms with Gasteiger partial charge in [-0.05, 0) is 32.0 Å². The highest BCUT2D eigenvalue weighted by Gasteiger charge is 2.08. The van der Waals surface area contributed by atoms with E-state index in [0.29, 0.717) is 13.2 Å².